The third kappa shape index (κ3) is 4.60. The molecule has 0 radical (unpaired) electrons. The number of aromatic nitrogens is 1. The summed E-state index contributed by atoms with van der Waals surface area (Å²) < 4.78 is 1.35. The first-order valence-electron chi connectivity index (χ1n) is 7.72. The van der Waals surface area contributed by atoms with Crippen molar-refractivity contribution in [1.82, 2.24) is 9.47 Å². The standard InChI is InChI=1S/C16H18N4O4S/c1-3-18(4-2)13(21)10-19-11-14(20(23)24)25-16(19)17-15(22)12-8-6-5-7-9-12/h5-9,11H,3-4,10H2,1-2H3. The van der Waals surface area contributed by atoms with Crippen LogP contribution in [0.4, 0.5) is 5.00 Å². The van der Waals surface area contributed by atoms with E-state index >= 15 is 0 Å². The van der Waals surface area contributed by atoms with Crippen molar-refractivity contribution in [3.63, 3.8) is 0 Å². The highest BCUT2D eigenvalue weighted by molar-refractivity contribution is 7.12. The highest BCUT2D eigenvalue weighted by Crippen LogP contribution is 2.14. The fourth-order valence-corrected chi connectivity index (χ4v) is 3.01. The number of carbonyl (C=O) groups excluding carboxylic acids is 2. The maximum Gasteiger partial charge on any atom is 0.343 e. The molecule has 1 aromatic heterocycles. The summed E-state index contributed by atoms with van der Waals surface area (Å²) in [6.07, 6.45) is 1.24. The molecular formula is C16H18N4O4S. The van der Waals surface area contributed by atoms with E-state index in [2.05, 4.69) is 4.99 Å². The summed E-state index contributed by atoms with van der Waals surface area (Å²) in [4.78, 5) is 40.7. The zero-order chi connectivity index (χ0) is 18.4. The Bertz CT molecular complexity index is 837. The van der Waals surface area contributed by atoms with Crippen molar-refractivity contribution in [2.75, 3.05) is 13.1 Å². The Labute approximate surface area is 148 Å². The van der Waals surface area contributed by atoms with Crippen LogP contribution in [0.2, 0.25) is 0 Å². The van der Waals surface area contributed by atoms with Crippen molar-refractivity contribution < 1.29 is 14.5 Å². The van der Waals surface area contributed by atoms with Crippen LogP contribution in [0.1, 0.15) is 24.2 Å². The number of benzene rings is 1. The first-order chi connectivity index (χ1) is 12.0. The number of amides is 2. The van der Waals surface area contributed by atoms with E-state index < -0.39 is 10.8 Å². The number of hydrogen-bond donors (Lipinski definition) is 0. The molecule has 0 saturated heterocycles. The number of hydrogen-bond acceptors (Lipinski definition) is 5. The molecule has 1 heterocycles. The quantitative estimate of drug-likeness (QED) is 0.580. The minimum atomic E-state index is -0.560. The van der Waals surface area contributed by atoms with Gasteiger partial charge in [-0.15, -0.1) is 0 Å². The number of carbonyl (C=O) groups is 2. The smallest absolute Gasteiger partial charge is 0.342 e. The molecule has 0 N–H and O–H groups in total. The summed E-state index contributed by atoms with van der Waals surface area (Å²) in [5.74, 6) is -0.701. The Morgan fingerprint density at radius 1 is 1.24 bits per heavy atom. The van der Waals surface area contributed by atoms with Gasteiger partial charge in [0.15, 0.2) is 4.80 Å². The van der Waals surface area contributed by atoms with Gasteiger partial charge in [-0.2, -0.15) is 4.99 Å². The van der Waals surface area contributed by atoms with Crippen molar-refractivity contribution >= 4 is 28.2 Å². The molecule has 0 spiro atoms. The zero-order valence-electron chi connectivity index (χ0n) is 13.9. The number of nitrogens with zero attached hydrogens (tertiary/aromatic N) is 4. The molecule has 0 bridgehead atoms. The van der Waals surface area contributed by atoms with E-state index in [1.807, 2.05) is 13.8 Å². The van der Waals surface area contributed by atoms with Gasteiger partial charge in [0, 0.05) is 18.7 Å². The highest BCUT2D eigenvalue weighted by Gasteiger charge is 2.17. The molecule has 0 atom stereocenters. The molecule has 0 aliphatic rings. The van der Waals surface area contributed by atoms with Crippen LogP contribution in [0.25, 0.3) is 0 Å². The monoisotopic (exact) mass is 362 g/mol. The Balaban J connectivity index is 2.39. The number of nitro groups is 1. The van der Waals surface area contributed by atoms with E-state index in [1.54, 1.807) is 35.2 Å². The Morgan fingerprint density at radius 2 is 1.88 bits per heavy atom. The van der Waals surface area contributed by atoms with Crippen molar-refractivity contribution in [2.24, 2.45) is 4.99 Å². The molecule has 0 saturated carbocycles. The van der Waals surface area contributed by atoms with E-state index in [0.717, 1.165) is 11.3 Å². The third-order valence-electron chi connectivity index (χ3n) is 3.53. The van der Waals surface area contributed by atoms with E-state index in [9.17, 15) is 19.7 Å². The first kappa shape index (κ1) is 18.5. The molecule has 8 nitrogen and oxygen atoms in total. The summed E-state index contributed by atoms with van der Waals surface area (Å²) >= 11 is 0.765. The van der Waals surface area contributed by atoms with Gasteiger partial charge in [0.2, 0.25) is 5.91 Å². The van der Waals surface area contributed by atoms with E-state index in [0.29, 0.717) is 18.7 Å². The van der Waals surface area contributed by atoms with Gasteiger partial charge in [-0.25, -0.2) is 0 Å². The van der Waals surface area contributed by atoms with Crippen LogP contribution in [0, 0.1) is 10.1 Å². The van der Waals surface area contributed by atoms with Crippen LogP contribution in [0.3, 0.4) is 0 Å². The Morgan fingerprint density at radius 3 is 2.44 bits per heavy atom. The molecule has 1 aromatic carbocycles. The topological polar surface area (TPSA) is 97.8 Å². The average molecular weight is 362 g/mol. The van der Waals surface area contributed by atoms with Crippen LogP contribution in [0.5, 0.6) is 0 Å². The zero-order valence-corrected chi connectivity index (χ0v) is 14.7. The number of rotatable bonds is 6. The molecule has 2 aromatic rings. The molecule has 0 aliphatic heterocycles. The van der Waals surface area contributed by atoms with Gasteiger partial charge in [0.25, 0.3) is 5.91 Å². The predicted molar refractivity (Wildman–Crippen MR) is 93.2 cm³/mol. The van der Waals surface area contributed by atoms with Gasteiger partial charge < -0.3 is 9.47 Å². The molecule has 0 aliphatic carbocycles. The van der Waals surface area contributed by atoms with Gasteiger partial charge in [0.05, 0.1) is 11.1 Å². The van der Waals surface area contributed by atoms with Crippen molar-refractivity contribution in [2.45, 2.75) is 20.4 Å². The fraction of sp³-hybridized carbons (Fsp3) is 0.312. The summed E-state index contributed by atoms with van der Waals surface area (Å²) in [7, 11) is 0. The van der Waals surface area contributed by atoms with E-state index in [-0.39, 0.29) is 22.3 Å². The van der Waals surface area contributed by atoms with Crippen molar-refractivity contribution in [3.8, 4) is 0 Å². The SMILES string of the molecule is CCN(CC)C(=O)Cn1cc([N+](=O)[O-])sc1=NC(=O)c1ccccc1. The van der Waals surface area contributed by atoms with Crippen LogP contribution in [-0.4, -0.2) is 39.3 Å². The van der Waals surface area contributed by atoms with Crippen molar-refractivity contribution in [3.05, 3.63) is 57.0 Å². The Kier molecular flexibility index (Phi) is 6.18. The highest BCUT2D eigenvalue weighted by atomic mass is 32.1. The molecule has 2 rings (SSSR count). The lowest BCUT2D eigenvalue weighted by Gasteiger charge is -2.18. The van der Waals surface area contributed by atoms with Crippen LogP contribution >= 0.6 is 11.3 Å². The second-order valence-corrected chi connectivity index (χ2v) is 6.07. The maximum absolute atomic E-state index is 12.3. The minimum Gasteiger partial charge on any atom is -0.342 e. The number of thiazole rings is 1. The van der Waals surface area contributed by atoms with Gasteiger partial charge in [-0.3, -0.25) is 19.7 Å². The summed E-state index contributed by atoms with van der Waals surface area (Å²) in [6.45, 7) is 4.68. The van der Waals surface area contributed by atoms with Crippen molar-refractivity contribution in [1.29, 1.82) is 0 Å². The third-order valence-corrected chi connectivity index (χ3v) is 4.50. The lowest BCUT2D eigenvalue weighted by Crippen LogP contribution is -2.35. The number of likely N-dealkylation sites (N-methyl/N-ethyl adjacent to an activating group) is 1. The lowest BCUT2D eigenvalue weighted by molar-refractivity contribution is -0.380. The largest absolute Gasteiger partial charge is 0.343 e. The fourth-order valence-electron chi connectivity index (χ4n) is 2.21. The van der Waals surface area contributed by atoms with Crippen LogP contribution < -0.4 is 4.80 Å². The average Bonchev–Trinajstić information content (AvgIpc) is 2.99. The second kappa shape index (κ2) is 8.34. The Hall–Kier alpha value is -2.81. The lowest BCUT2D eigenvalue weighted by atomic mass is 10.2. The molecule has 9 heteroatoms. The van der Waals surface area contributed by atoms with E-state index in [1.165, 1.54) is 10.8 Å². The van der Waals surface area contributed by atoms with Crippen LogP contribution in [0.15, 0.2) is 41.5 Å². The van der Waals surface area contributed by atoms with Gasteiger partial charge in [0.1, 0.15) is 6.54 Å². The molecule has 2 amide bonds. The van der Waals surface area contributed by atoms with E-state index in [4.69, 9.17) is 0 Å². The normalized spacial score (nSPS) is 11.4. The van der Waals surface area contributed by atoms with Gasteiger partial charge in [-0.1, -0.05) is 18.2 Å². The molecule has 132 valence electrons. The maximum atomic E-state index is 12.3. The summed E-state index contributed by atoms with van der Waals surface area (Å²) in [5.41, 5.74) is 0.375. The second-order valence-electron chi connectivity index (χ2n) is 5.09. The summed E-state index contributed by atoms with van der Waals surface area (Å²) in [6, 6.07) is 8.41. The minimum absolute atomic E-state index is 0.104. The van der Waals surface area contributed by atoms with Gasteiger partial charge >= 0.3 is 5.00 Å². The van der Waals surface area contributed by atoms with Crippen LogP contribution in [-0.2, 0) is 11.3 Å². The predicted octanol–water partition coefficient (Wildman–Crippen LogP) is 2.07. The molecule has 0 fully saturated rings. The summed E-state index contributed by atoms with van der Waals surface area (Å²) in [5, 5.41) is 10.9. The molecular weight excluding hydrogens is 344 g/mol. The molecule has 0 unspecified atom stereocenters. The van der Waals surface area contributed by atoms with Gasteiger partial charge in [-0.05, 0) is 37.3 Å². The first-order valence-corrected chi connectivity index (χ1v) is 8.54. The molecule has 25 heavy (non-hydrogen) atoms.